The van der Waals surface area contributed by atoms with Crippen molar-refractivity contribution in [2.45, 2.75) is 34.1 Å². The van der Waals surface area contributed by atoms with E-state index in [1.54, 1.807) is 7.05 Å². The van der Waals surface area contributed by atoms with Crippen molar-refractivity contribution in [1.29, 1.82) is 0 Å². The van der Waals surface area contributed by atoms with Gasteiger partial charge in [-0.05, 0) is 49.6 Å². The highest BCUT2D eigenvalue weighted by atomic mass is 16.1. The zero-order valence-corrected chi connectivity index (χ0v) is 14.5. The van der Waals surface area contributed by atoms with Crippen LogP contribution in [0.25, 0.3) is 10.9 Å². The van der Waals surface area contributed by atoms with E-state index in [4.69, 9.17) is 4.79 Å². The minimum Gasteiger partial charge on any atom is -0.374 e. The highest BCUT2D eigenvalue weighted by Crippen LogP contribution is 2.32. The SMILES string of the molecule is CC.CNC=O.Cc1cc(C)c2cc3c(cc2n1)CCN3C. The molecule has 0 saturated heterocycles. The van der Waals surface area contributed by atoms with Gasteiger partial charge < -0.3 is 10.2 Å². The van der Waals surface area contributed by atoms with Crippen LogP contribution in [0.15, 0.2) is 18.2 Å². The molecule has 4 nitrogen and oxygen atoms in total. The van der Waals surface area contributed by atoms with Gasteiger partial charge in [-0.15, -0.1) is 0 Å². The summed E-state index contributed by atoms with van der Waals surface area (Å²) in [6, 6.07) is 6.71. The molecule has 1 aliphatic rings. The van der Waals surface area contributed by atoms with E-state index < -0.39 is 0 Å². The van der Waals surface area contributed by atoms with Gasteiger partial charge in [0.2, 0.25) is 6.41 Å². The minimum atomic E-state index is 0.625. The first-order valence-electron chi connectivity index (χ1n) is 7.79. The number of amides is 1. The average molecular weight is 301 g/mol. The van der Waals surface area contributed by atoms with Gasteiger partial charge in [-0.2, -0.15) is 0 Å². The highest BCUT2D eigenvalue weighted by Gasteiger charge is 2.17. The van der Waals surface area contributed by atoms with Crippen molar-refractivity contribution in [2.75, 3.05) is 25.5 Å². The largest absolute Gasteiger partial charge is 0.374 e. The summed E-state index contributed by atoms with van der Waals surface area (Å²) in [5.74, 6) is 0. The first-order chi connectivity index (χ1) is 10.6. The summed E-state index contributed by atoms with van der Waals surface area (Å²) >= 11 is 0. The lowest BCUT2D eigenvalue weighted by atomic mass is 10.0. The Morgan fingerprint density at radius 3 is 2.45 bits per heavy atom. The molecule has 0 atom stereocenters. The fraction of sp³-hybridized carbons (Fsp3) is 0.444. The van der Waals surface area contributed by atoms with Crippen LogP contribution in [0.2, 0.25) is 0 Å². The van der Waals surface area contributed by atoms with Gasteiger partial charge in [0.25, 0.3) is 0 Å². The maximum absolute atomic E-state index is 9.06. The van der Waals surface area contributed by atoms with Crippen LogP contribution < -0.4 is 10.2 Å². The van der Waals surface area contributed by atoms with Crippen LogP contribution in [-0.2, 0) is 11.2 Å². The van der Waals surface area contributed by atoms with Gasteiger partial charge in [0.1, 0.15) is 0 Å². The van der Waals surface area contributed by atoms with E-state index in [1.165, 1.54) is 22.2 Å². The predicted molar refractivity (Wildman–Crippen MR) is 94.7 cm³/mol. The molecule has 1 aromatic heterocycles. The lowest BCUT2D eigenvalue weighted by molar-refractivity contribution is -0.109. The van der Waals surface area contributed by atoms with E-state index in [0.717, 1.165) is 24.2 Å². The Bertz CT molecular complexity index is 638. The molecule has 1 aliphatic heterocycles. The van der Waals surface area contributed by atoms with Gasteiger partial charge in [-0.1, -0.05) is 13.8 Å². The van der Waals surface area contributed by atoms with Gasteiger partial charge in [-0.25, -0.2) is 0 Å². The summed E-state index contributed by atoms with van der Waals surface area (Å²) in [5, 5.41) is 3.54. The van der Waals surface area contributed by atoms with Crippen molar-refractivity contribution in [2.24, 2.45) is 0 Å². The fourth-order valence-electron chi connectivity index (χ4n) is 2.61. The minimum absolute atomic E-state index is 0.625. The van der Waals surface area contributed by atoms with Crippen molar-refractivity contribution >= 4 is 23.0 Å². The van der Waals surface area contributed by atoms with Gasteiger partial charge in [0.15, 0.2) is 0 Å². The molecule has 1 N–H and O–H groups in total. The normalized spacial score (nSPS) is 11.8. The third kappa shape index (κ3) is 3.97. The standard InChI is InChI=1S/C14H16N2.C2H5NO.C2H6/c1-9-6-10(2)15-13-7-11-4-5-16(3)14(11)8-12(9)13;1-3-2-4;1-2/h6-8H,4-5H2,1-3H3;2H,1H3,(H,3,4);1-2H3. The number of hydrogen-bond donors (Lipinski definition) is 1. The van der Waals surface area contributed by atoms with Crippen LogP contribution in [0.5, 0.6) is 0 Å². The molecule has 0 saturated carbocycles. The second kappa shape index (κ2) is 8.37. The zero-order chi connectivity index (χ0) is 16.7. The zero-order valence-electron chi connectivity index (χ0n) is 14.5. The van der Waals surface area contributed by atoms with Gasteiger partial charge in [0, 0.05) is 37.4 Å². The number of rotatable bonds is 1. The molecule has 4 heteroatoms. The van der Waals surface area contributed by atoms with Gasteiger partial charge in [0.05, 0.1) is 5.52 Å². The third-order valence-corrected chi connectivity index (χ3v) is 3.59. The predicted octanol–water partition coefficient (Wildman–Crippen LogP) is 3.23. The molecule has 0 fully saturated rings. The van der Waals surface area contributed by atoms with Crippen LogP contribution in [0.1, 0.15) is 30.7 Å². The molecular weight excluding hydrogens is 274 g/mol. The number of pyridine rings is 1. The summed E-state index contributed by atoms with van der Waals surface area (Å²) in [6.07, 6.45) is 1.77. The molecule has 0 unspecified atom stereocenters. The average Bonchev–Trinajstić information content (AvgIpc) is 2.88. The Balaban J connectivity index is 0.000000354. The lowest BCUT2D eigenvalue weighted by Gasteiger charge is -2.13. The molecule has 2 heterocycles. The molecule has 1 amide bonds. The Hall–Kier alpha value is -2.10. The van der Waals surface area contributed by atoms with Crippen LogP contribution in [0.4, 0.5) is 5.69 Å². The molecule has 1 aromatic carbocycles. The number of hydrogen-bond acceptors (Lipinski definition) is 3. The van der Waals surface area contributed by atoms with Crippen LogP contribution in [-0.4, -0.2) is 32.0 Å². The number of nitrogens with zero attached hydrogens (tertiary/aromatic N) is 2. The first-order valence-corrected chi connectivity index (χ1v) is 7.79. The van der Waals surface area contributed by atoms with Gasteiger partial charge in [-0.3, -0.25) is 9.78 Å². The van der Waals surface area contributed by atoms with Crippen LogP contribution in [0, 0.1) is 13.8 Å². The van der Waals surface area contributed by atoms with E-state index in [0.29, 0.717) is 6.41 Å². The second-order valence-electron chi connectivity index (χ2n) is 5.16. The summed E-state index contributed by atoms with van der Waals surface area (Å²) in [7, 11) is 3.72. The molecule has 0 radical (unpaired) electrons. The monoisotopic (exact) mass is 301 g/mol. The Morgan fingerprint density at radius 2 is 1.86 bits per heavy atom. The van der Waals surface area contributed by atoms with E-state index in [1.807, 2.05) is 13.8 Å². The number of nitrogens with one attached hydrogen (secondary N) is 1. The number of fused-ring (bicyclic) bond motifs is 2. The van der Waals surface area contributed by atoms with E-state index >= 15 is 0 Å². The fourth-order valence-corrected chi connectivity index (χ4v) is 2.61. The summed E-state index contributed by atoms with van der Waals surface area (Å²) < 4.78 is 0. The Kier molecular flexibility index (Phi) is 6.83. The molecule has 22 heavy (non-hydrogen) atoms. The van der Waals surface area contributed by atoms with Crippen LogP contribution in [0.3, 0.4) is 0 Å². The lowest BCUT2D eigenvalue weighted by Crippen LogP contribution is -2.12. The topological polar surface area (TPSA) is 45.2 Å². The van der Waals surface area contributed by atoms with Crippen molar-refractivity contribution in [3.8, 4) is 0 Å². The van der Waals surface area contributed by atoms with Crippen molar-refractivity contribution in [1.82, 2.24) is 10.3 Å². The molecule has 2 aromatic rings. The Labute approximate surface area is 133 Å². The quantitative estimate of drug-likeness (QED) is 0.823. The van der Waals surface area contributed by atoms with E-state index in [-0.39, 0.29) is 0 Å². The number of likely N-dealkylation sites (N-methyl/N-ethyl adjacent to an activating group) is 1. The molecule has 120 valence electrons. The van der Waals surface area contributed by atoms with Crippen molar-refractivity contribution in [3.05, 3.63) is 35.0 Å². The summed E-state index contributed by atoms with van der Waals surface area (Å²) in [4.78, 5) is 16.0. The third-order valence-electron chi connectivity index (χ3n) is 3.59. The summed E-state index contributed by atoms with van der Waals surface area (Å²) in [6.45, 7) is 9.35. The molecular formula is C18H27N3O. The van der Waals surface area contributed by atoms with E-state index in [2.05, 4.69) is 54.3 Å². The second-order valence-corrected chi connectivity index (χ2v) is 5.16. The number of anilines is 1. The van der Waals surface area contributed by atoms with Crippen molar-refractivity contribution < 1.29 is 4.79 Å². The van der Waals surface area contributed by atoms with Gasteiger partial charge >= 0.3 is 0 Å². The first kappa shape index (κ1) is 18.0. The molecule has 0 aliphatic carbocycles. The number of benzene rings is 1. The molecule has 3 rings (SSSR count). The van der Waals surface area contributed by atoms with Crippen LogP contribution >= 0.6 is 0 Å². The number of aryl methyl sites for hydroxylation is 2. The maximum Gasteiger partial charge on any atom is 0.206 e. The highest BCUT2D eigenvalue weighted by molar-refractivity contribution is 5.88. The molecule has 0 spiro atoms. The molecule has 0 bridgehead atoms. The maximum atomic E-state index is 9.06. The Morgan fingerprint density at radius 1 is 1.23 bits per heavy atom. The summed E-state index contributed by atoms with van der Waals surface area (Å²) in [5.41, 5.74) is 6.39. The number of carbonyl (C=O) groups excluding carboxylic acids is 1. The van der Waals surface area contributed by atoms with E-state index in [9.17, 15) is 0 Å². The number of aromatic nitrogens is 1. The number of carbonyl (C=O) groups is 1. The smallest absolute Gasteiger partial charge is 0.206 e. The van der Waals surface area contributed by atoms with Crippen molar-refractivity contribution in [3.63, 3.8) is 0 Å².